The van der Waals surface area contributed by atoms with Crippen LogP contribution in [0.2, 0.25) is 5.02 Å². The van der Waals surface area contributed by atoms with E-state index in [1.54, 1.807) is 19.1 Å². The van der Waals surface area contributed by atoms with Crippen LogP contribution in [0.3, 0.4) is 0 Å². The average molecular weight is 367 g/mol. The SMILES string of the molecule is CC(C)CC[C@]1(C)NC(=O)N(Cc2cc(Cl)cc3c2OCOC3)C1=O. The van der Waals surface area contributed by atoms with Gasteiger partial charge in [-0.3, -0.25) is 9.69 Å². The first-order valence-corrected chi connectivity index (χ1v) is 8.84. The molecule has 0 aliphatic carbocycles. The summed E-state index contributed by atoms with van der Waals surface area (Å²) in [5.74, 6) is 0.898. The molecule has 2 aliphatic heterocycles. The third kappa shape index (κ3) is 3.60. The van der Waals surface area contributed by atoms with Crippen LogP contribution in [0.5, 0.6) is 5.75 Å². The van der Waals surface area contributed by atoms with Crippen molar-refractivity contribution >= 4 is 23.5 Å². The summed E-state index contributed by atoms with van der Waals surface area (Å²) in [6.45, 7) is 6.65. The molecule has 6 nitrogen and oxygen atoms in total. The van der Waals surface area contributed by atoms with E-state index in [1.165, 1.54) is 4.90 Å². The average Bonchev–Trinajstić information content (AvgIpc) is 2.76. The summed E-state index contributed by atoms with van der Waals surface area (Å²) in [4.78, 5) is 26.5. The Bertz CT molecular complexity index is 707. The highest BCUT2D eigenvalue weighted by Crippen LogP contribution is 2.34. The van der Waals surface area contributed by atoms with Crippen molar-refractivity contribution in [2.24, 2.45) is 5.92 Å². The lowest BCUT2D eigenvalue weighted by atomic mass is 9.92. The normalized spacial score (nSPS) is 22.8. The predicted molar refractivity (Wildman–Crippen MR) is 93.3 cm³/mol. The maximum atomic E-state index is 12.9. The Labute approximate surface area is 152 Å². The fourth-order valence-corrected chi connectivity index (χ4v) is 3.45. The fourth-order valence-electron chi connectivity index (χ4n) is 3.18. The van der Waals surface area contributed by atoms with Crippen LogP contribution in [-0.2, 0) is 22.7 Å². The van der Waals surface area contributed by atoms with Crippen molar-refractivity contribution in [1.29, 1.82) is 0 Å². The van der Waals surface area contributed by atoms with Crippen LogP contribution in [0.25, 0.3) is 0 Å². The number of carbonyl (C=O) groups is 2. The van der Waals surface area contributed by atoms with E-state index in [0.29, 0.717) is 35.3 Å². The number of rotatable bonds is 5. The molecule has 2 aliphatic rings. The Balaban J connectivity index is 1.83. The minimum Gasteiger partial charge on any atom is -0.467 e. The molecule has 1 N–H and O–H groups in total. The zero-order valence-electron chi connectivity index (χ0n) is 14.7. The van der Waals surface area contributed by atoms with Gasteiger partial charge in [-0.15, -0.1) is 0 Å². The van der Waals surface area contributed by atoms with Crippen LogP contribution in [0.4, 0.5) is 4.79 Å². The van der Waals surface area contributed by atoms with Gasteiger partial charge >= 0.3 is 6.03 Å². The van der Waals surface area contributed by atoms with Gasteiger partial charge in [-0.25, -0.2) is 4.79 Å². The van der Waals surface area contributed by atoms with Crippen molar-refractivity contribution in [2.45, 2.75) is 52.3 Å². The van der Waals surface area contributed by atoms with Crippen LogP contribution in [0, 0.1) is 5.92 Å². The molecule has 7 heteroatoms. The van der Waals surface area contributed by atoms with Gasteiger partial charge in [0.15, 0.2) is 6.79 Å². The molecule has 0 unspecified atom stereocenters. The van der Waals surface area contributed by atoms with Gasteiger partial charge in [-0.1, -0.05) is 25.4 Å². The van der Waals surface area contributed by atoms with Gasteiger partial charge < -0.3 is 14.8 Å². The lowest BCUT2D eigenvalue weighted by Crippen LogP contribution is -2.44. The monoisotopic (exact) mass is 366 g/mol. The van der Waals surface area contributed by atoms with Gasteiger partial charge in [-0.05, 0) is 37.8 Å². The molecule has 1 saturated heterocycles. The summed E-state index contributed by atoms with van der Waals surface area (Å²) in [6.07, 6.45) is 1.48. The zero-order valence-corrected chi connectivity index (χ0v) is 15.5. The highest BCUT2D eigenvalue weighted by molar-refractivity contribution is 6.30. The van der Waals surface area contributed by atoms with Crippen molar-refractivity contribution < 1.29 is 19.1 Å². The first-order chi connectivity index (χ1) is 11.8. The third-order valence-electron chi connectivity index (χ3n) is 4.65. The molecule has 136 valence electrons. The van der Waals surface area contributed by atoms with E-state index < -0.39 is 5.54 Å². The van der Waals surface area contributed by atoms with Crippen LogP contribution >= 0.6 is 11.6 Å². The van der Waals surface area contributed by atoms with Crippen molar-refractivity contribution in [3.8, 4) is 5.75 Å². The Morgan fingerprint density at radius 2 is 2.12 bits per heavy atom. The zero-order chi connectivity index (χ0) is 18.2. The van der Waals surface area contributed by atoms with Gasteiger partial charge in [0, 0.05) is 16.1 Å². The van der Waals surface area contributed by atoms with E-state index >= 15 is 0 Å². The van der Waals surface area contributed by atoms with Gasteiger partial charge in [0.2, 0.25) is 0 Å². The van der Waals surface area contributed by atoms with Crippen molar-refractivity contribution in [3.05, 3.63) is 28.3 Å². The number of halogens is 1. The van der Waals surface area contributed by atoms with Crippen LogP contribution in [0.1, 0.15) is 44.7 Å². The molecule has 1 aromatic rings. The molecule has 0 saturated carbocycles. The second kappa shape index (κ2) is 6.84. The molecule has 0 spiro atoms. The highest BCUT2D eigenvalue weighted by Gasteiger charge is 2.47. The Morgan fingerprint density at radius 1 is 1.36 bits per heavy atom. The minimum atomic E-state index is -0.857. The molecule has 2 heterocycles. The van der Waals surface area contributed by atoms with Crippen LogP contribution in [-0.4, -0.2) is 29.2 Å². The standard InChI is InChI=1S/C18H23ClN2O4/c1-11(2)4-5-18(3)16(22)21(17(23)20-18)8-12-6-14(19)7-13-9-24-10-25-15(12)13/h6-7,11H,4-5,8-10H2,1-3H3,(H,20,23)/t18-/m0/s1. The first-order valence-electron chi connectivity index (χ1n) is 8.46. The Hall–Kier alpha value is -1.79. The van der Waals surface area contributed by atoms with Gasteiger partial charge in [0.25, 0.3) is 5.91 Å². The summed E-state index contributed by atoms with van der Waals surface area (Å²) in [7, 11) is 0. The summed E-state index contributed by atoms with van der Waals surface area (Å²) >= 11 is 6.17. The van der Waals surface area contributed by atoms with E-state index in [2.05, 4.69) is 19.2 Å². The van der Waals surface area contributed by atoms with Gasteiger partial charge in [-0.2, -0.15) is 0 Å². The molecular formula is C18H23ClN2O4. The van der Waals surface area contributed by atoms with Crippen molar-refractivity contribution in [1.82, 2.24) is 10.2 Å². The molecule has 0 bridgehead atoms. The molecule has 25 heavy (non-hydrogen) atoms. The highest BCUT2D eigenvalue weighted by atomic mass is 35.5. The lowest BCUT2D eigenvalue weighted by molar-refractivity contribution is -0.131. The van der Waals surface area contributed by atoms with E-state index in [4.69, 9.17) is 21.1 Å². The molecule has 0 radical (unpaired) electrons. The van der Waals surface area contributed by atoms with E-state index in [-0.39, 0.29) is 25.3 Å². The molecule has 0 aromatic heterocycles. The van der Waals surface area contributed by atoms with E-state index in [9.17, 15) is 9.59 Å². The largest absolute Gasteiger partial charge is 0.467 e. The lowest BCUT2D eigenvalue weighted by Gasteiger charge is -2.24. The van der Waals surface area contributed by atoms with E-state index in [0.717, 1.165) is 12.0 Å². The number of urea groups is 1. The quantitative estimate of drug-likeness (QED) is 0.810. The molecular weight excluding hydrogens is 344 g/mol. The number of amides is 3. The molecule has 3 rings (SSSR count). The van der Waals surface area contributed by atoms with E-state index in [1.807, 2.05) is 0 Å². The molecule has 3 amide bonds. The number of benzene rings is 1. The number of fused-ring (bicyclic) bond motifs is 1. The van der Waals surface area contributed by atoms with Crippen LogP contribution in [0.15, 0.2) is 12.1 Å². The van der Waals surface area contributed by atoms with Gasteiger partial charge in [0.05, 0.1) is 13.2 Å². The number of ether oxygens (including phenoxy) is 2. The van der Waals surface area contributed by atoms with Crippen molar-refractivity contribution in [3.63, 3.8) is 0 Å². The summed E-state index contributed by atoms with van der Waals surface area (Å²) in [5.41, 5.74) is 0.676. The van der Waals surface area contributed by atoms with Crippen molar-refractivity contribution in [2.75, 3.05) is 6.79 Å². The van der Waals surface area contributed by atoms with Gasteiger partial charge in [0.1, 0.15) is 11.3 Å². The summed E-state index contributed by atoms with van der Waals surface area (Å²) < 4.78 is 10.8. The summed E-state index contributed by atoms with van der Waals surface area (Å²) in [6, 6.07) is 3.13. The summed E-state index contributed by atoms with van der Waals surface area (Å²) in [5, 5.41) is 3.36. The maximum Gasteiger partial charge on any atom is 0.325 e. The third-order valence-corrected chi connectivity index (χ3v) is 4.87. The maximum absolute atomic E-state index is 12.9. The number of nitrogens with one attached hydrogen (secondary N) is 1. The number of hydrogen-bond donors (Lipinski definition) is 1. The number of carbonyl (C=O) groups excluding carboxylic acids is 2. The number of hydrogen-bond acceptors (Lipinski definition) is 4. The predicted octanol–water partition coefficient (Wildman–Crippen LogP) is 3.45. The number of imide groups is 1. The Kier molecular flexibility index (Phi) is 4.93. The second-order valence-electron chi connectivity index (χ2n) is 7.25. The molecule has 1 aromatic carbocycles. The number of nitrogens with zero attached hydrogens (tertiary/aromatic N) is 1. The smallest absolute Gasteiger partial charge is 0.325 e. The topological polar surface area (TPSA) is 67.9 Å². The Morgan fingerprint density at radius 3 is 2.84 bits per heavy atom. The minimum absolute atomic E-state index is 0.130. The second-order valence-corrected chi connectivity index (χ2v) is 7.69. The first kappa shape index (κ1) is 18.0. The fraction of sp³-hybridized carbons (Fsp3) is 0.556. The van der Waals surface area contributed by atoms with Crippen LogP contribution < -0.4 is 10.1 Å². The molecule has 1 atom stereocenters. The molecule has 1 fully saturated rings.